The number of ether oxygens (including phenoxy) is 2. The smallest absolute Gasteiger partial charge is 0.339 e. The quantitative estimate of drug-likeness (QED) is 0.704. The van der Waals surface area contributed by atoms with Gasteiger partial charge in [-0.2, -0.15) is 0 Å². The summed E-state index contributed by atoms with van der Waals surface area (Å²) >= 11 is 5.84. The predicted octanol–water partition coefficient (Wildman–Crippen LogP) is 3.57. The summed E-state index contributed by atoms with van der Waals surface area (Å²) in [7, 11) is 0. The van der Waals surface area contributed by atoms with Crippen LogP contribution < -0.4 is 5.32 Å². The van der Waals surface area contributed by atoms with Crippen molar-refractivity contribution in [2.45, 2.75) is 33.6 Å². The Labute approximate surface area is 150 Å². The molecule has 0 aliphatic carbocycles. The highest BCUT2D eigenvalue weighted by Gasteiger charge is 2.19. The second kappa shape index (κ2) is 9.98. The van der Waals surface area contributed by atoms with Gasteiger partial charge >= 0.3 is 11.9 Å². The Kier molecular flexibility index (Phi) is 8.34. The molecule has 0 aliphatic heterocycles. The van der Waals surface area contributed by atoms with Crippen LogP contribution in [0.15, 0.2) is 12.1 Å². The molecular formula is C17H21ClFNO5. The molecule has 0 saturated heterocycles. The Morgan fingerprint density at radius 2 is 1.80 bits per heavy atom. The minimum absolute atomic E-state index is 0.00434. The number of carbonyl (C=O) groups is 3. The summed E-state index contributed by atoms with van der Waals surface area (Å²) in [5.74, 6) is -2.65. The van der Waals surface area contributed by atoms with Crippen LogP contribution in [0.4, 0.5) is 10.1 Å². The first-order chi connectivity index (χ1) is 11.8. The van der Waals surface area contributed by atoms with Crippen molar-refractivity contribution in [3.05, 3.63) is 28.5 Å². The van der Waals surface area contributed by atoms with E-state index < -0.39 is 23.7 Å². The van der Waals surface area contributed by atoms with Gasteiger partial charge in [0.15, 0.2) is 0 Å². The van der Waals surface area contributed by atoms with Crippen LogP contribution in [-0.2, 0) is 19.1 Å². The minimum atomic E-state index is -0.774. The highest BCUT2D eigenvalue weighted by molar-refractivity contribution is 6.33. The fourth-order valence-corrected chi connectivity index (χ4v) is 2.33. The van der Waals surface area contributed by atoms with Crippen molar-refractivity contribution in [1.82, 2.24) is 0 Å². The van der Waals surface area contributed by atoms with E-state index in [2.05, 4.69) is 5.32 Å². The van der Waals surface area contributed by atoms with Crippen molar-refractivity contribution < 1.29 is 28.2 Å². The maximum Gasteiger partial charge on any atom is 0.339 e. The first-order valence-electron chi connectivity index (χ1n) is 7.90. The van der Waals surface area contributed by atoms with Crippen LogP contribution in [0.2, 0.25) is 5.02 Å². The van der Waals surface area contributed by atoms with E-state index in [1.54, 1.807) is 20.8 Å². The van der Waals surface area contributed by atoms with Crippen molar-refractivity contribution >= 4 is 35.1 Å². The van der Waals surface area contributed by atoms with Gasteiger partial charge in [-0.25, -0.2) is 9.18 Å². The van der Waals surface area contributed by atoms with Gasteiger partial charge in [0.25, 0.3) is 0 Å². The van der Waals surface area contributed by atoms with Crippen molar-refractivity contribution in [2.24, 2.45) is 5.92 Å². The Balaban J connectivity index is 2.78. The Bertz CT molecular complexity index is 650. The Morgan fingerprint density at radius 3 is 2.40 bits per heavy atom. The summed E-state index contributed by atoms with van der Waals surface area (Å²) in [5.41, 5.74) is -0.222. The van der Waals surface area contributed by atoms with Gasteiger partial charge in [0, 0.05) is 12.8 Å². The third-order valence-corrected chi connectivity index (χ3v) is 3.49. The van der Waals surface area contributed by atoms with Crippen molar-refractivity contribution in [3.63, 3.8) is 0 Å². The van der Waals surface area contributed by atoms with Crippen LogP contribution >= 0.6 is 11.6 Å². The van der Waals surface area contributed by atoms with E-state index in [0.717, 1.165) is 12.1 Å². The molecule has 138 valence electrons. The van der Waals surface area contributed by atoms with Crippen LogP contribution in [-0.4, -0.2) is 31.1 Å². The van der Waals surface area contributed by atoms with E-state index in [1.807, 2.05) is 0 Å². The average molecular weight is 374 g/mol. The van der Waals surface area contributed by atoms with Crippen LogP contribution in [0.1, 0.15) is 44.0 Å². The molecule has 0 saturated carbocycles. The molecule has 0 radical (unpaired) electrons. The molecule has 1 rings (SSSR count). The van der Waals surface area contributed by atoms with Gasteiger partial charge < -0.3 is 14.8 Å². The lowest BCUT2D eigenvalue weighted by Crippen LogP contribution is -2.19. The van der Waals surface area contributed by atoms with Gasteiger partial charge in [0.1, 0.15) is 5.82 Å². The lowest BCUT2D eigenvalue weighted by molar-refractivity contribution is -0.144. The number of nitrogens with one attached hydrogen (secondary N) is 1. The number of carbonyl (C=O) groups excluding carboxylic acids is 3. The summed E-state index contributed by atoms with van der Waals surface area (Å²) in [6, 6.07) is 2.06. The minimum Gasteiger partial charge on any atom is -0.466 e. The van der Waals surface area contributed by atoms with Gasteiger partial charge in [0.2, 0.25) is 5.91 Å². The number of rotatable bonds is 8. The standard InChI is InChI=1S/C17H21ClFNO5/c1-4-24-16(22)7-10(3)6-15(21)20-14-8-11(17(23)25-5-2)12(18)9-13(14)19/h8-10H,4-7H2,1-3H3,(H,20,21). The van der Waals surface area contributed by atoms with E-state index in [-0.39, 0.29) is 48.2 Å². The van der Waals surface area contributed by atoms with E-state index >= 15 is 0 Å². The molecular weight excluding hydrogens is 353 g/mol. The number of benzene rings is 1. The van der Waals surface area contributed by atoms with Gasteiger partial charge in [0.05, 0.1) is 29.5 Å². The molecule has 1 aromatic rings. The Hall–Kier alpha value is -2.15. The third-order valence-electron chi connectivity index (χ3n) is 3.18. The largest absolute Gasteiger partial charge is 0.466 e. The fraction of sp³-hybridized carbons (Fsp3) is 0.471. The second-order valence-corrected chi connectivity index (χ2v) is 5.81. The van der Waals surface area contributed by atoms with Crippen LogP contribution in [0, 0.1) is 11.7 Å². The molecule has 1 amide bonds. The number of amides is 1. The van der Waals surface area contributed by atoms with E-state index in [1.165, 1.54) is 0 Å². The van der Waals surface area contributed by atoms with Crippen LogP contribution in [0.25, 0.3) is 0 Å². The molecule has 1 N–H and O–H groups in total. The molecule has 1 unspecified atom stereocenters. The van der Waals surface area contributed by atoms with E-state index in [4.69, 9.17) is 21.1 Å². The van der Waals surface area contributed by atoms with Gasteiger partial charge in [-0.3, -0.25) is 9.59 Å². The van der Waals surface area contributed by atoms with Gasteiger partial charge in [-0.15, -0.1) is 0 Å². The zero-order chi connectivity index (χ0) is 19.0. The monoisotopic (exact) mass is 373 g/mol. The lowest BCUT2D eigenvalue weighted by Gasteiger charge is -2.13. The first-order valence-corrected chi connectivity index (χ1v) is 8.27. The molecule has 1 atom stereocenters. The predicted molar refractivity (Wildman–Crippen MR) is 91.0 cm³/mol. The first kappa shape index (κ1) is 20.9. The summed E-state index contributed by atoms with van der Waals surface area (Å²) in [6.07, 6.45) is 0.0774. The SMILES string of the molecule is CCOC(=O)CC(C)CC(=O)Nc1cc(C(=O)OCC)c(Cl)cc1F. The lowest BCUT2D eigenvalue weighted by atomic mass is 10.0. The molecule has 0 heterocycles. The zero-order valence-corrected chi connectivity index (χ0v) is 15.1. The highest BCUT2D eigenvalue weighted by atomic mass is 35.5. The fourth-order valence-electron chi connectivity index (χ4n) is 2.10. The molecule has 0 spiro atoms. The number of hydrogen-bond donors (Lipinski definition) is 1. The Morgan fingerprint density at radius 1 is 1.16 bits per heavy atom. The molecule has 0 bridgehead atoms. The molecule has 0 aliphatic rings. The zero-order valence-electron chi connectivity index (χ0n) is 14.4. The maximum absolute atomic E-state index is 14.0. The second-order valence-electron chi connectivity index (χ2n) is 5.40. The van der Waals surface area contributed by atoms with Gasteiger partial charge in [-0.05, 0) is 31.9 Å². The average Bonchev–Trinajstić information content (AvgIpc) is 2.49. The number of halogens is 2. The molecule has 6 nitrogen and oxygen atoms in total. The van der Waals surface area contributed by atoms with Crippen LogP contribution in [0.5, 0.6) is 0 Å². The highest BCUT2D eigenvalue weighted by Crippen LogP contribution is 2.25. The molecule has 0 aromatic heterocycles. The van der Waals surface area contributed by atoms with Gasteiger partial charge in [-0.1, -0.05) is 18.5 Å². The van der Waals surface area contributed by atoms with Crippen molar-refractivity contribution in [2.75, 3.05) is 18.5 Å². The maximum atomic E-state index is 14.0. The molecule has 0 fully saturated rings. The number of anilines is 1. The normalized spacial score (nSPS) is 11.6. The number of hydrogen-bond acceptors (Lipinski definition) is 5. The number of esters is 2. The molecule has 8 heteroatoms. The summed E-state index contributed by atoms with van der Waals surface area (Å²) < 4.78 is 23.6. The van der Waals surface area contributed by atoms with E-state index in [0.29, 0.717) is 0 Å². The summed E-state index contributed by atoms with van der Waals surface area (Å²) in [5, 5.41) is 2.27. The topological polar surface area (TPSA) is 81.7 Å². The van der Waals surface area contributed by atoms with Crippen molar-refractivity contribution in [1.29, 1.82) is 0 Å². The van der Waals surface area contributed by atoms with Crippen LogP contribution in [0.3, 0.4) is 0 Å². The van der Waals surface area contributed by atoms with Crippen molar-refractivity contribution in [3.8, 4) is 0 Å². The van der Waals surface area contributed by atoms with E-state index in [9.17, 15) is 18.8 Å². The third kappa shape index (κ3) is 6.70. The molecule has 25 heavy (non-hydrogen) atoms. The summed E-state index contributed by atoms with van der Waals surface area (Å²) in [4.78, 5) is 35.2. The molecule has 1 aromatic carbocycles. The summed E-state index contributed by atoms with van der Waals surface area (Å²) in [6.45, 7) is 5.44.